The normalized spacial score (nSPS) is 20.7. The minimum absolute atomic E-state index is 0.0552. The Morgan fingerprint density at radius 2 is 1.80 bits per heavy atom. The van der Waals surface area contributed by atoms with E-state index in [0.29, 0.717) is 19.4 Å². The Balaban J connectivity index is 1.69. The van der Waals surface area contributed by atoms with E-state index in [1.165, 1.54) is 56.1 Å². The second-order valence-electron chi connectivity index (χ2n) is 12.5. The molecule has 0 radical (unpaired) electrons. The molecule has 4 rings (SSSR count). The number of likely N-dealkylation sites (N-methyl/N-ethyl adjacent to an activating group) is 1. The van der Waals surface area contributed by atoms with Crippen LogP contribution in [0, 0.1) is 25.6 Å². The van der Waals surface area contributed by atoms with Crippen LogP contribution in [0.4, 0.5) is 10.1 Å². The van der Waals surface area contributed by atoms with Crippen molar-refractivity contribution >= 4 is 31.6 Å². The number of benzene rings is 2. The number of carbonyl (C=O) groups excluding carboxylic acids is 1. The first-order valence-corrected chi connectivity index (χ1v) is 19.0. The Morgan fingerprint density at radius 1 is 1.10 bits per heavy atom. The van der Waals surface area contributed by atoms with Crippen molar-refractivity contribution in [1.82, 2.24) is 14.4 Å². The summed E-state index contributed by atoms with van der Waals surface area (Å²) in [5.74, 6) is -1.16. The number of rotatable bonds is 9. The van der Waals surface area contributed by atoms with Crippen LogP contribution in [0.3, 0.4) is 0 Å². The van der Waals surface area contributed by atoms with Crippen molar-refractivity contribution in [2.45, 2.75) is 81.9 Å². The Labute approximate surface area is 287 Å². The Morgan fingerprint density at radius 3 is 2.43 bits per heavy atom. The fourth-order valence-corrected chi connectivity index (χ4v) is 8.22. The summed E-state index contributed by atoms with van der Waals surface area (Å²) in [6.45, 7) is 8.31. The van der Waals surface area contributed by atoms with Gasteiger partial charge < -0.3 is 24.0 Å². The van der Waals surface area contributed by atoms with Gasteiger partial charge in [-0.3, -0.25) is 9.52 Å². The van der Waals surface area contributed by atoms with Crippen LogP contribution in [0.2, 0.25) is 0 Å². The summed E-state index contributed by atoms with van der Waals surface area (Å²) in [6, 6.07) is 8.31. The molecule has 3 aromatic rings. The maximum atomic E-state index is 14.4. The molecule has 0 unspecified atom stereocenters. The van der Waals surface area contributed by atoms with Crippen molar-refractivity contribution in [3.63, 3.8) is 0 Å². The average molecular weight is 725 g/mol. The van der Waals surface area contributed by atoms with Crippen molar-refractivity contribution in [1.29, 1.82) is 0 Å². The van der Waals surface area contributed by atoms with Crippen LogP contribution in [0.1, 0.15) is 61.8 Å². The van der Waals surface area contributed by atoms with Gasteiger partial charge in [0.1, 0.15) is 17.3 Å². The number of amides is 1. The monoisotopic (exact) mass is 724 g/mol. The molecule has 0 spiro atoms. The van der Waals surface area contributed by atoms with E-state index < -0.39 is 49.8 Å². The van der Waals surface area contributed by atoms with Crippen molar-refractivity contribution in [3.05, 3.63) is 65.3 Å². The van der Waals surface area contributed by atoms with Gasteiger partial charge in [-0.25, -0.2) is 21.2 Å². The van der Waals surface area contributed by atoms with E-state index in [-0.39, 0.29) is 64.0 Å². The molecule has 0 saturated carbocycles. The van der Waals surface area contributed by atoms with E-state index in [1.54, 1.807) is 6.92 Å². The number of hydrogen-bond acceptors (Lipinski definition) is 10. The molecule has 1 aliphatic rings. The van der Waals surface area contributed by atoms with Crippen molar-refractivity contribution in [3.8, 4) is 5.75 Å². The van der Waals surface area contributed by atoms with Gasteiger partial charge in [0.15, 0.2) is 10.7 Å². The van der Waals surface area contributed by atoms with Gasteiger partial charge in [0.2, 0.25) is 10.0 Å². The fourth-order valence-electron chi connectivity index (χ4n) is 5.65. The van der Waals surface area contributed by atoms with Gasteiger partial charge in [-0.15, -0.1) is 0 Å². The van der Waals surface area contributed by atoms with Gasteiger partial charge in [-0.05, 0) is 89.4 Å². The molecule has 0 aliphatic carbocycles. The standard InChI is InChI=1S/C33H45FN4O9S2/c1-21-18-38(22(2)20-39)33(40)29-17-27(36-48(41,42)32-24(4)35-47-25(32)5)12-15-30(29)46-23(3)9-7-8-16-45-31(21)19-37(6)49(43,44)28-13-10-26(34)11-14-28/h10-15,17,21-23,31,36,39H,7-9,16,18-20H2,1-6H3/t21-,22-,23-,31+/m0/s1. The zero-order valence-electron chi connectivity index (χ0n) is 28.5. The van der Waals surface area contributed by atoms with Crippen molar-refractivity contribution < 1.29 is 45.1 Å². The first-order chi connectivity index (χ1) is 23.0. The number of sulfonamides is 2. The van der Waals surface area contributed by atoms with Crippen LogP contribution in [-0.2, 0) is 24.8 Å². The number of nitrogens with one attached hydrogen (secondary N) is 1. The largest absolute Gasteiger partial charge is 0.490 e. The van der Waals surface area contributed by atoms with E-state index in [2.05, 4.69) is 9.88 Å². The van der Waals surface area contributed by atoms with Gasteiger partial charge in [-0.1, -0.05) is 12.1 Å². The minimum Gasteiger partial charge on any atom is -0.490 e. The highest BCUT2D eigenvalue weighted by Crippen LogP contribution is 2.30. The lowest BCUT2D eigenvalue weighted by Crippen LogP contribution is -2.48. The number of aliphatic hydroxyl groups excluding tert-OH is 1. The zero-order valence-corrected chi connectivity index (χ0v) is 30.2. The summed E-state index contributed by atoms with van der Waals surface area (Å²) in [7, 11) is -6.71. The predicted molar refractivity (Wildman–Crippen MR) is 180 cm³/mol. The Hall–Kier alpha value is -3.57. The number of ether oxygens (including phenoxy) is 2. The number of aryl methyl sites for hydroxylation is 2. The topological polar surface area (TPSA) is 169 Å². The van der Waals surface area contributed by atoms with E-state index in [4.69, 9.17) is 14.0 Å². The number of carbonyl (C=O) groups is 1. The van der Waals surface area contributed by atoms with E-state index in [1.807, 2.05) is 13.8 Å². The molecule has 1 amide bonds. The van der Waals surface area contributed by atoms with Gasteiger partial charge in [0.05, 0.1) is 35.3 Å². The summed E-state index contributed by atoms with van der Waals surface area (Å²) in [4.78, 5) is 15.6. The van der Waals surface area contributed by atoms with Crippen LogP contribution in [0.25, 0.3) is 0 Å². The average Bonchev–Trinajstić information content (AvgIpc) is 3.40. The third-order valence-electron chi connectivity index (χ3n) is 8.50. The Kier molecular flexibility index (Phi) is 12.5. The maximum absolute atomic E-state index is 14.4. The molecule has 0 bridgehead atoms. The molecule has 1 aromatic heterocycles. The molecule has 0 saturated heterocycles. The van der Waals surface area contributed by atoms with Gasteiger partial charge in [0, 0.05) is 38.3 Å². The first-order valence-electron chi connectivity index (χ1n) is 16.1. The summed E-state index contributed by atoms with van der Waals surface area (Å²) >= 11 is 0. The van der Waals surface area contributed by atoms with Crippen LogP contribution < -0.4 is 9.46 Å². The number of aromatic nitrogens is 1. The Bertz CT molecular complexity index is 1800. The van der Waals surface area contributed by atoms with Crippen LogP contribution in [0.5, 0.6) is 5.75 Å². The SMILES string of the molecule is Cc1noc(C)c1S(=O)(=O)Nc1ccc2c(c1)C(=O)N([C@@H](C)CO)C[C@H](C)[C@@H](CN(C)S(=O)(=O)c1ccc(F)cc1)OCCCC[C@H](C)O2. The molecule has 0 fully saturated rings. The zero-order chi connectivity index (χ0) is 36.1. The van der Waals surface area contributed by atoms with Crippen LogP contribution >= 0.6 is 0 Å². The second-order valence-corrected chi connectivity index (χ2v) is 16.2. The lowest BCUT2D eigenvalue weighted by atomic mass is 10.0. The predicted octanol–water partition coefficient (Wildman–Crippen LogP) is 4.35. The van der Waals surface area contributed by atoms with Crippen LogP contribution in [0.15, 0.2) is 56.8 Å². The molecule has 2 heterocycles. The molecule has 4 atom stereocenters. The smallest absolute Gasteiger partial charge is 0.267 e. The number of fused-ring (bicyclic) bond motifs is 1. The number of hydrogen-bond donors (Lipinski definition) is 2. The van der Waals surface area contributed by atoms with Crippen LogP contribution in [-0.4, -0.2) is 93.8 Å². The molecule has 2 aromatic carbocycles. The summed E-state index contributed by atoms with van der Waals surface area (Å²) in [5.41, 5.74) is 0.355. The molecular weight excluding hydrogens is 680 g/mol. The first kappa shape index (κ1) is 38.2. The molecule has 1 aliphatic heterocycles. The summed E-state index contributed by atoms with van der Waals surface area (Å²) < 4.78 is 88.0. The van der Waals surface area contributed by atoms with Crippen molar-refractivity contribution in [2.24, 2.45) is 5.92 Å². The molecule has 49 heavy (non-hydrogen) atoms. The van der Waals surface area contributed by atoms with E-state index in [9.17, 15) is 31.1 Å². The lowest BCUT2D eigenvalue weighted by molar-refractivity contribution is -0.00834. The summed E-state index contributed by atoms with van der Waals surface area (Å²) in [6.07, 6.45) is 1.03. The lowest BCUT2D eigenvalue weighted by Gasteiger charge is -2.35. The molecule has 2 N–H and O–H groups in total. The molecule has 270 valence electrons. The van der Waals surface area contributed by atoms with Gasteiger partial charge >= 0.3 is 0 Å². The molecule has 13 nitrogen and oxygen atoms in total. The number of nitrogens with zero attached hydrogens (tertiary/aromatic N) is 3. The highest BCUT2D eigenvalue weighted by Gasteiger charge is 2.33. The maximum Gasteiger partial charge on any atom is 0.267 e. The summed E-state index contributed by atoms with van der Waals surface area (Å²) in [5, 5.41) is 13.9. The van der Waals surface area contributed by atoms with Gasteiger partial charge in [0.25, 0.3) is 15.9 Å². The quantitative estimate of drug-likeness (QED) is 0.324. The third-order valence-corrected chi connectivity index (χ3v) is 12.0. The van der Waals surface area contributed by atoms with Gasteiger partial charge in [-0.2, -0.15) is 4.31 Å². The fraction of sp³-hybridized carbons (Fsp3) is 0.515. The number of halogens is 1. The number of aliphatic hydroxyl groups is 1. The number of anilines is 1. The van der Waals surface area contributed by atoms with E-state index >= 15 is 0 Å². The second kappa shape index (κ2) is 16.0. The highest BCUT2D eigenvalue weighted by atomic mass is 32.2. The highest BCUT2D eigenvalue weighted by molar-refractivity contribution is 7.92. The molecular formula is C33H45FN4O9S2. The van der Waals surface area contributed by atoms with E-state index in [0.717, 1.165) is 22.9 Å². The minimum atomic E-state index is -4.13. The van der Waals surface area contributed by atoms with Crippen molar-refractivity contribution in [2.75, 3.05) is 38.1 Å². The molecule has 16 heteroatoms. The third kappa shape index (κ3) is 9.16.